The fourth-order valence-corrected chi connectivity index (χ4v) is 1.91. The van der Waals surface area contributed by atoms with E-state index >= 15 is 0 Å². The molecule has 1 amide bonds. The highest BCUT2D eigenvalue weighted by Crippen LogP contribution is 2.32. The number of hydrogen-bond acceptors (Lipinski definition) is 4. The molecule has 0 saturated heterocycles. The lowest BCUT2D eigenvalue weighted by atomic mass is 9.75. The first-order chi connectivity index (χ1) is 7.59. The van der Waals surface area contributed by atoms with Crippen LogP contribution in [0.1, 0.15) is 44.5 Å². The van der Waals surface area contributed by atoms with Crippen LogP contribution in [0.2, 0.25) is 0 Å². The van der Waals surface area contributed by atoms with E-state index in [1.54, 1.807) is 0 Å². The summed E-state index contributed by atoms with van der Waals surface area (Å²) in [6.45, 7) is 1.86. The van der Waals surface area contributed by atoms with Gasteiger partial charge in [-0.05, 0) is 26.2 Å². The number of nitrogens with zero attached hydrogens (tertiary/aromatic N) is 2. The van der Waals surface area contributed by atoms with Crippen LogP contribution in [0.4, 0.5) is 0 Å². The summed E-state index contributed by atoms with van der Waals surface area (Å²) in [7, 11) is 0. The Morgan fingerprint density at radius 1 is 1.75 bits per heavy atom. The third-order valence-corrected chi connectivity index (χ3v) is 3.08. The van der Waals surface area contributed by atoms with Crippen LogP contribution in [-0.2, 0) is 4.79 Å². The lowest BCUT2D eigenvalue weighted by Crippen LogP contribution is -2.50. The lowest BCUT2D eigenvalue weighted by molar-refractivity contribution is -0.123. The van der Waals surface area contributed by atoms with Crippen LogP contribution in [0.25, 0.3) is 0 Å². The van der Waals surface area contributed by atoms with Gasteiger partial charge in [-0.1, -0.05) is 0 Å². The summed E-state index contributed by atoms with van der Waals surface area (Å²) < 4.78 is 0. The van der Waals surface area contributed by atoms with E-state index in [0.717, 1.165) is 19.3 Å². The predicted octanol–water partition coefficient (Wildman–Crippen LogP) is 0.253. The monoisotopic (exact) mass is 223 g/mol. The summed E-state index contributed by atoms with van der Waals surface area (Å²) >= 11 is 0. The highest BCUT2D eigenvalue weighted by Gasteiger charge is 2.34. The molecule has 0 spiro atoms. The molecule has 0 aromatic carbocycles. The van der Waals surface area contributed by atoms with E-state index in [1.165, 1.54) is 6.33 Å². The van der Waals surface area contributed by atoms with E-state index in [-0.39, 0.29) is 17.5 Å². The summed E-state index contributed by atoms with van der Waals surface area (Å²) in [5.41, 5.74) is 5.73. The highest BCUT2D eigenvalue weighted by molar-refractivity contribution is 5.77. The second-order valence-corrected chi connectivity index (χ2v) is 4.55. The van der Waals surface area contributed by atoms with Crippen molar-refractivity contribution in [3.63, 3.8) is 0 Å². The first-order valence-corrected chi connectivity index (χ1v) is 5.53. The second-order valence-electron chi connectivity index (χ2n) is 4.55. The third-order valence-electron chi connectivity index (χ3n) is 3.08. The maximum atomic E-state index is 11.7. The maximum Gasteiger partial charge on any atom is 0.222 e. The van der Waals surface area contributed by atoms with Gasteiger partial charge in [0.15, 0.2) is 0 Å². The van der Waals surface area contributed by atoms with Gasteiger partial charge in [-0.2, -0.15) is 5.10 Å². The van der Waals surface area contributed by atoms with Crippen molar-refractivity contribution in [2.24, 2.45) is 5.73 Å². The van der Waals surface area contributed by atoms with Crippen molar-refractivity contribution in [2.45, 2.75) is 44.2 Å². The number of H-pyrrole nitrogens is 1. The molecule has 6 heteroatoms. The fraction of sp³-hybridized carbons (Fsp3) is 0.700. The van der Waals surface area contributed by atoms with E-state index < -0.39 is 0 Å². The molecule has 2 rings (SSSR count). The van der Waals surface area contributed by atoms with Gasteiger partial charge in [0, 0.05) is 12.0 Å². The number of carbonyl (C=O) groups excluding carboxylic acids is 1. The summed E-state index contributed by atoms with van der Waals surface area (Å²) in [4.78, 5) is 15.7. The van der Waals surface area contributed by atoms with Crippen molar-refractivity contribution < 1.29 is 4.79 Å². The van der Waals surface area contributed by atoms with Crippen LogP contribution in [-0.4, -0.2) is 26.6 Å². The van der Waals surface area contributed by atoms with E-state index in [9.17, 15) is 4.79 Å². The van der Waals surface area contributed by atoms with Crippen LogP contribution >= 0.6 is 0 Å². The van der Waals surface area contributed by atoms with Crippen molar-refractivity contribution in [2.75, 3.05) is 0 Å². The fourth-order valence-electron chi connectivity index (χ4n) is 1.91. The number of aromatic amines is 1. The molecule has 1 aromatic heterocycles. The second kappa shape index (κ2) is 4.21. The standard InChI is InChI=1S/C10H17N5O/c1-7(9-12-6-13-15-9)14-8(16)5-10(11)3-2-4-10/h6-7H,2-5,11H2,1H3,(H,14,16)(H,12,13,15). The molecule has 1 aromatic rings. The molecule has 0 radical (unpaired) electrons. The van der Waals surface area contributed by atoms with Gasteiger partial charge in [0.2, 0.25) is 5.91 Å². The summed E-state index contributed by atoms with van der Waals surface area (Å²) in [5.74, 6) is 0.638. The summed E-state index contributed by atoms with van der Waals surface area (Å²) in [6, 6.07) is -0.154. The van der Waals surface area contributed by atoms with Crippen LogP contribution < -0.4 is 11.1 Å². The molecule has 16 heavy (non-hydrogen) atoms. The number of nitrogens with one attached hydrogen (secondary N) is 2. The topological polar surface area (TPSA) is 96.7 Å². The van der Waals surface area contributed by atoms with Gasteiger partial charge in [0.1, 0.15) is 12.2 Å². The first-order valence-electron chi connectivity index (χ1n) is 5.53. The van der Waals surface area contributed by atoms with Crippen molar-refractivity contribution >= 4 is 5.91 Å². The van der Waals surface area contributed by atoms with E-state index in [0.29, 0.717) is 12.2 Å². The molecule has 6 nitrogen and oxygen atoms in total. The number of hydrogen-bond donors (Lipinski definition) is 3. The molecular weight excluding hydrogens is 206 g/mol. The number of rotatable bonds is 4. The van der Waals surface area contributed by atoms with E-state index in [4.69, 9.17) is 5.73 Å². The number of amides is 1. The number of carbonyl (C=O) groups is 1. The molecule has 1 saturated carbocycles. The Bertz CT molecular complexity index is 357. The van der Waals surface area contributed by atoms with Crippen LogP contribution in [0.3, 0.4) is 0 Å². The molecule has 1 heterocycles. The van der Waals surface area contributed by atoms with Gasteiger partial charge in [0.05, 0.1) is 6.04 Å². The predicted molar refractivity (Wildman–Crippen MR) is 58.3 cm³/mol. The van der Waals surface area contributed by atoms with Crippen LogP contribution in [0, 0.1) is 0 Å². The minimum atomic E-state index is -0.273. The van der Waals surface area contributed by atoms with Gasteiger partial charge in [0.25, 0.3) is 0 Å². The zero-order valence-electron chi connectivity index (χ0n) is 9.36. The molecule has 4 N–H and O–H groups in total. The van der Waals surface area contributed by atoms with Crippen molar-refractivity contribution in [3.8, 4) is 0 Å². The smallest absolute Gasteiger partial charge is 0.222 e. The molecule has 1 fully saturated rings. The quantitative estimate of drug-likeness (QED) is 0.681. The zero-order chi connectivity index (χ0) is 11.6. The average Bonchev–Trinajstić information content (AvgIpc) is 2.67. The third kappa shape index (κ3) is 2.38. The minimum absolute atomic E-state index is 0.0221. The Hall–Kier alpha value is -1.43. The molecule has 1 atom stereocenters. The maximum absolute atomic E-state index is 11.7. The Morgan fingerprint density at radius 2 is 2.50 bits per heavy atom. The van der Waals surface area contributed by atoms with Gasteiger partial charge in [-0.25, -0.2) is 4.98 Å². The Balaban J connectivity index is 1.83. The molecule has 1 unspecified atom stereocenters. The molecule has 0 bridgehead atoms. The van der Waals surface area contributed by atoms with Gasteiger partial charge in [-0.15, -0.1) is 0 Å². The molecule has 0 aliphatic heterocycles. The van der Waals surface area contributed by atoms with Crippen LogP contribution in [0.5, 0.6) is 0 Å². The molecule has 1 aliphatic rings. The van der Waals surface area contributed by atoms with E-state index in [1.807, 2.05) is 6.92 Å². The molecule has 1 aliphatic carbocycles. The summed E-state index contributed by atoms with van der Waals surface area (Å²) in [5, 5.41) is 9.32. The first kappa shape index (κ1) is 11.1. The summed E-state index contributed by atoms with van der Waals surface area (Å²) in [6.07, 6.45) is 4.83. The number of aromatic nitrogens is 3. The largest absolute Gasteiger partial charge is 0.346 e. The van der Waals surface area contributed by atoms with Gasteiger partial charge in [-0.3, -0.25) is 9.89 Å². The SMILES string of the molecule is CC(NC(=O)CC1(N)CCC1)c1ncn[nH]1. The minimum Gasteiger partial charge on any atom is -0.346 e. The molecular formula is C10H17N5O. The highest BCUT2D eigenvalue weighted by atomic mass is 16.1. The van der Waals surface area contributed by atoms with Gasteiger partial charge >= 0.3 is 0 Å². The molecule has 88 valence electrons. The Labute approximate surface area is 94.0 Å². The van der Waals surface area contributed by atoms with Gasteiger partial charge < -0.3 is 11.1 Å². The normalized spacial score (nSPS) is 19.9. The number of nitrogens with two attached hydrogens (primary N) is 1. The van der Waals surface area contributed by atoms with Crippen molar-refractivity contribution in [1.29, 1.82) is 0 Å². The Morgan fingerprint density at radius 3 is 3.00 bits per heavy atom. The van der Waals surface area contributed by atoms with Crippen LogP contribution in [0.15, 0.2) is 6.33 Å². The lowest BCUT2D eigenvalue weighted by Gasteiger charge is -2.37. The zero-order valence-corrected chi connectivity index (χ0v) is 9.36. The average molecular weight is 223 g/mol. The van der Waals surface area contributed by atoms with Crippen molar-refractivity contribution in [1.82, 2.24) is 20.5 Å². The van der Waals surface area contributed by atoms with Crippen molar-refractivity contribution in [3.05, 3.63) is 12.2 Å². The van der Waals surface area contributed by atoms with E-state index in [2.05, 4.69) is 20.5 Å². The Kier molecular flexibility index (Phi) is 2.91.